The van der Waals surface area contributed by atoms with Gasteiger partial charge in [-0.1, -0.05) is 40.1 Å². The van der Waals surface area contributed by atoms with Crippen LogP contribution >= 0.6 is 0 Å². The first-order chi connectivity index (χ1) is 8.29. The van der Waals surface area contributed by atoms with Gasteiger partial charge in [0.15, 0.2) is 11.5 Å². The van der Waals surface area contributed by atoms with Crippen LogP contribution in [0.4, 0.5) is 0 Å². The highest BCUT2D eigenvalue weighted by Gasteiger charge is 2.08. The van der Waals surface area contributed by atoms with Crippen molar-refractivity contribution in [2.45, 2.75) is 13.5 Å². The van der Waals surface area contributed by atoms with Crippen molar-refractivity contribution >= 4 is 5.84 Å². The summed E-state index contributed by atoms with van der Waals surface area (Å²) in [4.78, 5) is 0. The molecule has 0 radical (unpaired) electrons. The number of rotatable bonds is 3. The van der Waals surface area contributed by atoms with Gasteiger partial charge in [0.2, 0.25) is 0 Å². The Bertz CT molecular complexity index is 508. The molecule has 0 spiro atoms. The lowest BCUT2D eigenvalue weighted by Crippen LogP contribution is -2.24. The molecule has 0 bridgehead atoms. The molecule has 0 unspecified atom stereocenters. The van der Waals surface area contributed by atoms with Crippen molar-refractivity contribution in [3.8, 4) is 0 Å². The van der Waals surface area contributed by atoms with Crippen LogP contribution in [0.15, 0.2) is 40.2 Å². The normalized spacial score (nSPS) is 11.5. The fourth-order valence-electron chi connectivity index (χ4n) is 1.45. The minimum atomic E-state index is 0.229. The number of hydrogen-bond donors (Lipinski definition) is 2. The molecule has 0 saturated carbocycles. The molecule has 6 nitrogen and oxygen atoms in total. The van der Waals surface area contributed by atoms with Gasteiger partial charge in [-0.2, -0.15) is 0 Å². The summed E-state index contributed by atoms with van der Waals surface area (Å²) in [7, 11) is 0. The van der Waals surface area contributed by atoms with Crippen LogP contribution in [0.5, 0.6) is 0 Å². The van der Waals surface area contributed by atoms with Gasteiger partial charge in [0.05, 0.1) is 0 Å². The van der Waals surface area contributed by atoms with E-state index >= 15 is 0 Å². The summed E-state index contributed by atoms with van der Waals surface area (Å²) in [5, 5.41) is 21.9. The Kier molecular flexibility index (Phi) is 3.34. The fourth-order valence-corrected chi connectivity index (χ4v) is 1.45. The zero-order valence-electron chi connectivity index (χ0n) is 9.29. The van der Waals surface area contributed by atoms with E-state index in [4.69, 9.17) is 5.21 Å². The molecular formula is C11H12N4O2. The molecule has 1 aromatic carbocycles. The van der Waals surface area contributed by atoms with E-state index in [9.17, 15) is 0 Å². The van der Waals surface area contributed by atoms with E-state index in [1.165, 1.54) is 11.8 Å². The average molecular weight is 232 g/mol. The van der Waals surface area contributed by atoms with E-state index in [2.05, 4.69) is 25.4 Å². The molecule has 2 aromatic rings. The van der Waals surface area contributed by atoms with E-state index in [-0.39, 0.29) is 5.84 Å². The maximum absolute atomic E-state index is 8.85. The van der Waals surface area contributed by atoms with Gasteiger partial charge in [0.25, 0.3) is 0 Å². The summed E-state index contributed by atoms with van der Waals surface area (Å²) in [5.74, 6) is 0.229. The number of nitrogens with zero attached hydrogens (tertiary/aromatic N) is 3. The van der Waals surface area contributed by atoms with Crippen molar-refractivity contribution in [3.05, 3.63) is 47.3 Å². The molecule has 0 atom stereocenters. The SMILES string of the molecule is Cc1cccc(CNC(=NO)c2cnon2)c1. The number of aromatic nitrogens is 2. The Labute approximate surface area is 97.9 Å². The van der Waals surface area contributed by atoms with Crippen LogP contribution in [0.25, 0.3) is 0 Å². The first-order valence-corrected chi connectivity index (χ1v) is 5.09. The molecule has 0 fully saturated rings. The predicted octanol–water partition coefficient (Wildman–Crippen LogP) is 1.30. The number of oxime groups is 1. The molecule has 1 aromatic heterocycles. The monoisotopic (exact) mass is 232 g/mol. The molecule has 0 aliphatic rings. The summed E-state index contributed by atoms with van der Waals surface area (Å²) >= 11 is 0. The van der Waals surface area contributed by atoms with Gasteiger partial charge < -0.3 is 10.5 Å². The zero-order valence-corrected chi connectivity index (χ0v) is 9.29. The Hall–Kier alpha value is -2.37. The summed E-state index contributed by atoms with van der Waals surface area (Å²) in [6, 6.07) is 8.02. The smallest absolute Gasteiger partial charge is 0.196 e. The van der Waals surface area contributed by atoms with Crippen molar-refractivity contribution in [1.82, 2.24) is 15.6 Å². The summed E-state index contributed by atoms with van der Waals surface area (Å²) in [6.45, 7) is 2.56. The number of nitrogens with one attached hydrogen (secondary N) is 1. The van der Waals surface area contributed by atoms with E-state index in [1.807, 2.05) is 31.2 Å². The Morgan fingerprint density at radius 3 is 3.06 bits per heavy atom. The maximum Gasteiger partial charge on any atom is 0.196 e. The lowest BCUT2D eigenvalue weighted by Gasteiger charge is -2.05. The first kappa shape index (κ1) is 11.1. The average Bonchev–Trinajstić information content (AvgIpc) is 2.84. The van der Waals surface area contributed by atoms with Gasteiger partial charge >= 0.3 is 0 Å². The van der Waals surface area contributed by atoms with Crippen LogP contribution in [-0.4, -0.2) is 21.4 Å². The maximum atomic E-state index is 8.85. The molecule has 0 amide bonds. The van der Waals surface area contributed by atoms with Gasteiger partial charge in [-0.15, -0.1) is 0 Å². The molecule has 88 valence electrons. The third-order valence-corrected chi connectivity index (χ3v) is 2.25. The van der Waals surface area contributed by atoms with Gasteiger partial charge in [0.1, 0.15) is 6.20 Å². The summed E-state index contributed by atoms with van der Waals surface area (Å²) in [5.41, 5.74) is 2.62. The van der Waals surface area contributed by atoms with E-state index < -0.39 is 0 Å². The van der Waals surface area contributed by atoms with Gasteiger partial charge in [-0.25, -0.2) is 4.63 Å². The second-order valence-electron chi connectivity index (χ2n) is 3.58. The topological polar surface area (TPSA) is 83.5 Å². The second kappa shape index (κ2) is 5.11. The van der Waals surface area contributed by atoms with Crippen molar-refractivity contribution in [1.29, 1.82) is 0 Å². The first-order valence-electron chi connectivity index (χ1n) is 5.09. The van der Waals surface area contributed by atoms with Crippen LogP contribution in [0.3, 0.4) is 0 Å². The summed E-state index contributed by atoms with van der Waals surface area (Å²) in [6.07, 6.45) is 1.37. The standard InChI is InChI=1S/C11H12N4O2/c1-8-3-2-4-9(5-8)6-12-11(14-16)10-7-13-17-15-10/h2-5,7,16H,6H2,1H3,(H,12,14). The van der Waals surface area contributed by atoms with Crippen LogP contribution in [-0.2, 0) is 6.54 Å². The number of hydrogen-bond acceptors (Lipinski definition) is 5. The van der Waals surface area contributed by atoms with Crippen LogP contribution in [0.1, 0.15) is 16.8 Å². The van der Waals surface area contributed by atoms with Crippen LogP contribution < -0.4 is 5.32 Å². The number of aryl methyl sites for hydroxylation is 1. The molecule has 2 N–H and O–H groups in total. The third kappa shape index (κ3) is 2.81. The molecule has 17 heavy (non-hydrogen) atoms. The molecule has 0 aliphatic carbocycles. The van der Waals surface area contributed by atoms with E-state index in [0.717, 1.165) is 5.56 Å². The lowest BCUT2D eigenvalue weighted by molar-refractivity contribution is 0.302. The highest BCUT2D eigenvalue weighted by Crippen LogP contribution is 2.04. The molecular weight excluding hydrogens is 220 g/mol. The van der Waals surface area contributed by atoms with Gasteiger partial charge in [-0.05, 0) is 17.6 Å². The van der Waals surface area contributed by atoms with Crippen molar-refractivity contribution < 1.29 is 9.84 Å². The minimum absolute atomic E-state index is 0.229. The van der Waals surface area contributed by atoms with Gasteiger partial charge in [0, 0.05) is 6.54 Å². The second-order valence-corrected chi connectivity index (χ2v) is 3.58. The predicted molar refractivity (Wildman–Crippen MR) is 60.6 cm³/mol. The Morgan fingerprint density at radius 1 is 1.53 bits per heavy atom. The Balaban J connectivity index is 2.02. The molecule has 6 heteroatoms. The van der Waals surface area contributed by atoms with Gasteiger partial charge in [-0.3, -0.25) is 0 Å². The van der Waals surface area contributed by atoms with Crippen molar-refractivity contribution in [3.63, 3.8) is 0 Å². The largest absolute Gasteiger partial charge is 0.409 e. The van der Waals surface area contributed by atoms with Crippen LogP contribution in [0, 0.1) is 6.92 Å². The number of amidine groups is 1. The zero-order chi connectivity index (χ0) is 12.1. The lowest BCUT2D eigenvalue weighted by atomic mass is 10.1. The van der Waals surface area contributed by atoms with Crippen molar-refractivity contribution in [2.24, 2.45) is 5.16 Å². The highest BCUT2D eigenvalue weighted by atomic mass is 16.6. The molecule has 2 rings (SSSR count). The fraction of sp³-hybridized carbons (Fsp3) is 0.182. The minimum Gasteiger partial charge on any atom is -0.409 e. The molecule has 0 aliphatic heterocycles. The summed E-state index contributed by atoms with van der Waals surface area (Å²) < 4.78 is 4.44. The molecule has 1 heterocycles. The number of benzene rings is 1. The van der Waals surface area contributed by atoms with Crippen molar-refractivity contribution in [2.75, 3.05) is 0 Å². The highest BCUT2D eigenvalue weighted by molar-refractivity contribution is 5.96. The van der Waals surface area contributed by atoms with Crippen LogP contribution in [0.2, 0.25) is 0 Å². The van der Waals surface area contributed by atoms with E-state index in [1.54, 1.807) is 0 Å². The van der Waals surface area contributed by atoms with E-state index in [0.29, 0.717) is 12.2 Å². The molecule has 0 saturated heterocycles. The Morgan fingerprint density at radius 2 is 2.41 bits per heavy atom. The quantitative estimate of drug-likeness (QED) is 0.361. The third-order valence-electron chi connectivity index (χ3n) is 2.25.